The van der Waals surface area contributed by atoms with E-state index in [1.54, 1.807) is 22.5 Å². The second-order valence-corrected chi connectivity index (χ2v) is 8.92. The quantitative estimate of drug-likeness (QED) is 0.408. The first-order valence-electron chi connectivity index (χ1n) is 9.79. The third-order valence-corrected chi connectivity index (χ3v) is 6.62. The average molecular weight is 435 g/mol. The molecule has 7 heteroatoms. The Morgan fingerprint density at radius 3 is 2.83 bits per heavy atom. The highest BCUT2D eigenvalue weighted by atomic mass is 35.5. The summed E-state index contributed by atoms with van der Waals surface area (Å²) in [5, 5.41) is 5.87. The molecule has 5 rings (SSSR count). The number of halogens is 1. The maximum atomic E-state index is 12.8. The summed E-state index contributed by atoms with van der Waals surface area (Å²) in [4.78, 5) is 22.1. The van der Waals surface area contributed by atoms with Crippen LogP contribution in [0.25, 0.3) is 5.78 Å². The number of thioether (sulfide) groups is 1. The van der Waals surface area contributed by atoms with Crippen LogP contribution < -0.4 is 0 Å². The van der Waals surface area contributed by atoms with Crippen molar-refractivity contribution in [1.82, 2.24) is 19.6 Å². The van der Waals surface area contributed by atoms with Gasteiger partial charge in [-0.25, -0.2) is 9.50 Å². The maximum Gasteiger partial charge on any atom is 0.253 e. The highest BCUT2D eigenvalue weighted by molar-refractivity contribution is 7.98. The van der Waals surface area contributed by atoms with Crippen molar-refractivity contribution < 1.29 is 4.79 Å². The minimum atomic E-state index is 0.0801. The molecule has 150 valence electrons. The van der Waals surface area contributed by atoms with Crippen LogP contribution in [-0.4, -0.2) is 25.4 Å². The number of carbonyl (C=O) groups is 1. The molecule has 2 aromatic heterocycles. The summed E-state index contributed by atoms with van der Waals surface area (Å²) < 4.78 is 1.62. The fourth-order valence-corrected chi connectivity index (χ4v) is 4.94. The minimum absolute atomic E-state index is 0.0801. The number of aryl methyl sites for hydroxylation is 1. The van der Waals surface area contributed by atoms with Crippen LogP contribution >= 0.6 is 23.4 Å². The number of hydrogen-bond acceptors (Lipinski definition) is 5. The van der Waals surface area contributed by atoms with E-state index in [0.717, 1.165) is 17.0 Å². The molecule has 0 aliphatic heterocycles. The van der Waals surface area contributed by atoms with Gasteiger partial charge in [-0.05, 0) is 48.1 Å². The van der Waals surface area contributed by atoms with Crippen molar-refractivity contribution >= 4 is 34.9 Å². The van der Waals surface area contributed by atoms with Gasteiger partial charge in [0.25, 0.3) is 5.78 Å². The van der Waals surface area contributed by atoms with E-state index in [1.807, 2.05) is 36.4 Å². The van der Waals surface area contributed by atoms with Gasteiger partial charge in [0, 0.05) is 23.4 Å². The number of Topliss-reactive ketones (excluding diaryl/α,β-unsaturated/α-hetero) is 1. The number of benzene rings is 2. The SMILES string of the molecule is Cc1ccccc1CSc1nc2nc3c(cn2n1)C(=O)C[C@H](c1cccc(Cl)c1)C3. The van der Waals surface area contributed by atoms with E-state index in [0.29, 0.717) is 34.4 Å². The van der Waals surface area contributed by atoms with Crippen LogP contribution in [0.1, 0.15) is 45.1 Å². The molecule has 4 aromatic rings. The number of carbonyl (C=O) groups excluding carboxylic acids is 1. The Bertz CT molecular complexity index is 1270. The molecule has 0 spiro atoms. The van der Waals surface area contributed by atoms with Crippen LogP contribution in [0.3, 0.4) is 0 Å². The standard InChI is InChI=1S/C23H19ClN4OS/c1-14-5-2-3-6-16(14)13-30-23-26-22-25-20-10-17(15-7-4-8-18(24)9-15)11-21(29)19(20)12-28(22)27-23/h2-9,12,17H,10-11,13H2,1H3/t17-/m1/s1. The van der Waals surface area contributed by atoms with E-state index in [1.165, 1.54) is 11.1 Å². The predicted molar refractivity (Wildman–Crippen MR) is 118 cm³/mol. The summed E-state index contributed by atoms with van der Waals surface area (Å²) in [5.41, 5.74) is 5.00. The molecule has 0 unspecified atom stereocenters. The lowest BCUT2D eigenvalue weighted by Gasteiger charge is -2.23. The largest absolute Gasteiger partial charge is 0.294 e. The van der Waals surface area contributed by atoms with Gasteiger partial charge in [0.15, 0.2) is 5.78 Å². The summed E-state index contributed by atoms with van der Waals surface area (Å²) in [5.74, 6) is 1.48. The smallest absolute Gasteiger partial charge is 0.253 e. The molecule has 0 bridgehead atoms. The van der Waals surface area contributed by atoms with E-state index in [4.69, 9.17) is 11.6 Å². The molecule has 0 saturated carbocycles. The molecule has 5 nitrogen and oxygen atoms in total. The Kier molecular flexibility index (Phi) is 5.05. The van der Waals surface area contributed by atoms with Crippen LogP contribution in [0.15, 0.2) is 59.9 Å². The number of rotatable bonds is 4. The molecule has 0 amide bonds. The molecule has 0 fully saturated rings. The van der Waals surface area contributed by atoms with Crippen LogP contribution in [0.5, 0.6) is 0 Å². The van der Waals surface area contributed by atoms with Gasteiger partial charge in [0.2, 0.25) is 5.16 Å². The second kappa shape index (κ2) is 7.85. The van der Waals surface area contributed by atoms with Crippen molar-refractivity contribution in [2.24, 2.45) is 0 Å². The lowest BCUT2D eigenvalue weighted by molar-refractivity contribution is 0.0962. The summed E-state index contributed by atoms with van der Waals surface area (Å²) in [7, 11) is 0. The fraction of sp³-hybridized carbons (Fsp3) is 0.217. The van der Waals surface area contributed by atoms with E-state index in [9.17, 15) is 4.79 Å². The van der Waals surface area contributed by atoms with Crippen molar-refractivity contribution in [3.05, 3.63) is 87.7 Å². The van der Waals surface area contributed by atoms with Gasteiger partial charge >= 0.3 is 0 Å². The van der Waals surface area contributed by atoms with Crippen LogP contribution in [0.4, 0.5) is 0 Å². The van der Waals surface area contributed by atoms with Gasteiger partial charge in [0.1, 0.15) is 0 Å². The number of hydrogen-bond donors (Lipinski definition) is 0. The molecule has 1 aliphatic rings. The first kappa shape index (κ1) is 19.3. The molecule has 0 radical (unpaired) electrons. The topological polar surface area (TPSA) is 60.1 Å². The lowest BCUT2D eigenvalue weighted by Crippen LogP contribution is -2.21. The van der Waals surface area contributed by atoms with Gasteiger partial charge in [-0.2, -0.15) is 4.98 Å². The Hall–Kier alpha value is -2.70. The molecule has 2 aromatic carbocycles. The van der Waals surface area contributed by atoms with E-state index < -0.39 is 0 Å². The zero-order valence-electron chi connectivity index (χ0n) is 16.4. The van der Waals surface area contributed by atoms with Crippen molar-refractivity contribution in [1.29, 1.82) is 0 Å². The van der Waals surface area contributed by atoms with Gasteiger partial charge < -0.3 is 0 Å². The highest BCUT2D eigenvalue weighted by Gasteiger charge is 2.28. The van der Waals surface area contributed by atoms with Crippen molar-refractivity contribution in [2.75, 3.05) is 0 Å². The van der Waals surface area contributed by atoms with Gasteiger partial charge in [-0.15, -0.1) is 5.10 Å². The summed E-state index contributed by atoms with van der Waals surface area (Å²) in [6, 6.07) is 16.0. The van der Waals surface area contributed by atoms with Crippen LogP contribution in [0.2, 0.25) is 5.02 Å². The summed E-state index contributed by atoms with van der Waals surface area (Å²) in [6.07, 6.45) is 2.92. The number of nitrogens with zero attached hydrogens (tertiary/aromatic N) is 4. The Morgan fingerprint density at radius 1 is 1.13 bits per heavy atom. The molecular formula is C23H19ClN4OS. The Morgan fingerprint density at radius 2 is 2.00 bits per heavy atom. The third-order valence-electron chi connectivity index (χ3n) is 5.50. The summed E-state index contributed by atoms with van der Waals surface area (Å²) in [6.45, 7) is 2.10. The first-order valence-corrected chi connectivity index (χ1v) is 11.2. The molecular weight excluding hydrogens is 416 g/mol. The van der Waals surface area contributed by atoms with E-state index in [-0.39, 0.29) is 11.7 Å². The van der Waals surface area contributed by atoms with E-state index in [2.05, 4.69) is 34.1 Å². The van der Waals surface area contributed by atoms with Gasteiger partial charge in [-0.3, -0.25) is 4.79 Å². The number of fused-ring (bicyclic) bond motifs is 2. The van der Waals surface area contributed by atoms with E-state index >= 15 is 0 Å². The predicted octanol–water partition coefficient (Wildman–Crippen LogP) is 5.29. The Balaban J connectivity index is 1.42. The minimum Gasteiger partial charge on any atom is -0.294 e. The normalized spacial score (nSPS) is 16.1. The highest BCUT2D eigenvalue weighted by Crippen LogP contribution is 2.33. The van der Waals surface area contributed by atoms with Crippen molar-refractivity contribution in [3.8, 4) is 0 Å². The third kappa shape index (κ3) is 3.73. The lowest BCUT2D eigenvalue weighted by atomic mass is 9.82. The fourth-order valence-electron chi connectivity index (χ4n) is 3.84. The molecule has 1 aliphatic carbocycles. The monoisotopic (exact) mass is 434 g/mol. The first-order chi connectivity index (χ1) is 14.6. The molecule has 1 atom stereocenters. The van der Waals surface area contributed by atoms with Crippen molar-refractivity contribution in [2.45, 2.75) is 36.6 Å². The molecule has 30 heavy (non-hydrogen) atoms. The zero-order valence-corrected chi connectivity index (χ0v) is 18.0. The average Bonchev–Trinajstić information content (AvgIpc) is 3.13. The number of aromatic nitrogens is 4. The molecule has 0 N–H and O–H groups in total. The Labute approximate surface area is 183 Å². The zero-order chi connectivity index (χ0) is 20.7. The summed E-state index contributed by atoms with van der Waals surface area (Å²) >= 11 is 7.71. The van der Waals surface area contributed by atoms with Crippen LogP contribution in [-0.2, 0) is 12.2 Å². The molecule has 2 heterocycles. The second-order valence-electron chi connectivity index (χ2n) is 7.54. The van der Waals surface area contributed by atoms with Crippen molar-refractivity contribution in [3.63, 3.8) is 0 Å². The molecule has 0 saturated heterocycles. The maximum absolute atomic E-state index is 12.8. The van der Waals surface area contributed by atoms with Gasteiger partial charge in [-0.1, -0.05) is 59.8 Å². The van der Waals surface area contributed by atoms with Gasteiger partial charge in [0.05, 0.1) is 11.3 Å². The number of ketones is 1. The van der Waals surface area contributed by atoms with Crippen LogP contribution in [0, 0.1) is 6.92 Å².